The van der Waals surface area contributed by atoms with Crippen molar-refractivity contribution in [3.63, 3.8) is 0 Å². The van der Waals surface area contributed by atoms with E-state index < -0.39 is 0 Å². The minimum atomic E-state index is 0.167. The van der Waals surface area contributed by atoms with Gasteiger partial charge in [-0.1, -0.05) is 11.6 Å². The van der Waals surface area contributed by atoms with Crippen molar-refractivity contribution in [2.24, 2.45) is 0 Å². The number of nitrogens with zero attached hydrogens (tertiary/aromatic N) is 4. The fourth-order valence-corrected chi connectivity index (χ4v) is 2.79. The highest BCUT2D eigenvalue weighted by Crippen LogP contribution is 2.26. The maximum atomic E-state index is 9.38. The first-order chi connectivity index (χ1) is 10.1. The number of aliphatic hydroxyl groups is 1. The number of anilines is 1. The normalized spacial score (nSPS) is 18.1. The maximum absolute atomic E-state index is 9.38. The molecule has 0 spiro atoms. The molecule has 5 nitrogen and oxygen atoms in total. The fraction of sp³-hybridized carbons (Fsp3) is 0.600. The molecule has 1 unspecified atom stereocenters. The summed E-state index contributed by atoms with van der Waals surface area (Å²) >= 11 is 6.05. The second kappa shape index (κ2) is 7.08. The van der Waals surface area contributed by atoms with Crippen LogP contribution in [0.15, 0.2) is 6.20 Å². The van der Waals surface area contributed by atoms with Gasteiger partial charge in [0.2, 0.25) is 0 Å². The molecule has 2 heterocycles. The van der Waals surface area contributed by atoms with Gasteiger partial charge < -0.3 is 10.0 Å². The number of pyridine rings is 1. The Balaban J connectivity index is 2.20. The van der Waals surface area contributed by atoms with Crippen molar-refractivity contribution in [2.75, 3.05) is 37.7 Å². The number of aromatic nitrogens is 1. The monoisotopic (exact) mass is 308 g/mol. The molecular formula is C15H21ClN4O. The van der Waals surface area contributed by atoms with Gasteiger partial charge in [-0.25, -0.2) is 4.98 Å². The highest BCUT2D eigenvalue weighted by molar-refractivity contribution is 6.31. The minimum absolute atomic E-state index is 0.167. The van der Waals surface area contributed by atoms with Crippen molar-refractivity contribution in [3.05, 3.63) is 22.3 Å². The van der Waals surface area contributed by atoms with Crippen LogP contribution in [0.5, 0.6) is 0 Å². The zero-order chi connectivity index (χ0) is 15.4. The molecule has 6 heteroatoms. The highest BCUT2D eigenvalue weighted by Gasteiger charge is 2.22. The third-order valence-electron chi connectivity index (χ3n) is 4.09. The van der Waals surface area contributed by atoms with E-state index in [0.717, 1.165) is 44.0 Å². The summed E-state index contributed by atoms with van der Waals surface area (Å²) in [4.78, 5) is 8.79. The molecule has 1 aromatic rings. The molecule has 114 valence electrons. The molecule has 0 amide bonds. The van der Waals surface area contributed by atoms with Crippen molar-refractivity contribution < 1.29 is 5.11 Å². The predicted octanol–water partition coefficient (Wildman–Crippen LogP) is 1.81. The number of hydrogen-bond donors (Lipinski definition) is 1. The van der Waals surface area contributed by atoms with Gasteiger partial charge in [-0.2, -0.15) is 5.26 Å². The number of rotatable bonds is 3. The van der Waals surface area contributed by atoms with E-state index in [1.807, 2.05) is 13.8 Å². The van der Waals surface area contributed by atoms with Gasteiger partial charge >= 0.3 is 0 Å². The van der Waals surface area contributed by atoms with E-state index in [1.165, 1.54) is 0 Å². The fourth-order valence-electron chi connectivity index (χ4n) is 2.65. The standard InChI is InChI=1S/C15H21ClN4O/c1-11(10-21)19-4-3-5-20(7-6-19)15-13(8-17)12(2)14(16)9-18-15/h9,11,21H,3-7,10H2,1-2H3. The molecule has 21 heavy (non-hydrogen) atoms. The quantitative estimate of drug-likeness (QED) is 0.922. The Kier molecular flexibility index (Phi) is 5.40. The van der Waals surface area contributed by atoms with Crippen LogP contribution < -0.4 is 4.90 Å². The van der Waals surface area contributed by atoms with E-state index in [4.69, 9.17) is 11.6 Å². The van der Waals surface area contributed by atoms with E-state index in [2.05, 4.69) is 20.9 Å². The zero-order valence-electron chi connectivity index (χ0n) is 12.5. The van der Waals surface area contributed by atoms with E-state index in [9.17, 15) is 10.4 Å². The second-order valence-corrected chi connectivity index (χ2v) is 5.86. The Labute approximate surface area is 130 Å². The van der Waals surface area contributed by atoms with E-state index in [1.54, 1.807) is 6.20 Å². The van der Waals surface area contributed by atoms with Gasteiger partial charge in [0, 0.05) is 38.4 Å². The van der Waals surface area contributed by atoms with Gasteiger partial charge in [0.15, 0.2) is 0 Å². The van der Waals surface area contributed by atoms with Crippen LogP contribution in [0.1, 0.15) is 24.5 Å². The van der Waals surface area contributed by atoms with Crippen LogP contribution in [-0.4, -0.2) is 53.8 Å². The summed E-state index contributed by atoms with van der Waals surface area (Å²) in [6.45, 7) is 7.51. The summed E-state index contributed by atoms with van der Waals surface area (Å²) < 4.78 is 0. The topological polar surface area (TPSA) is 63.4 Å². The summed E-state index contributed by atoms with van der Waals surface area (Å²) in [7, 11) is 0. The Morgan fingerprint density at radius 2 is 2.19 bits per heavy atom. The van der Waals surface area contributed by atoms with E-state index >= 15 is 0 Å². The average molecular weight is 309 g/mol. The summed E-state index contributed by atoms with van der Waals surface area (Å²) in [5.74, 6) is 0.720. The zero-order valence-corrected chi connectivity index (χ0v) is 13.3. The van der Waals surface area contributed by atoms with Crippen molar-refractivity contribution in [1.29, 1.82) is 5.26 Å². The molecular weight excluding hydrogens is 288 g/mol. The summed E-state index contributed by atoms with van der Waals surface area (Å²) in [6, 6.07) is 2.39. The van der Waals surface area contributed by atoms with Gasteiger partial charge in [0.1, 0.15) is 11.9 Å². The van der Waals surface area contributed by atoms with Crippen LogP contribution in [0.3, 0.4) is 0 Å². The van der Waals surface area contributed by atoms with Gasteiger partial charge in [0.25, 0.3) is 0 Å². The Morgan fingerprint density at radius 3 is 2.86 bits per heavy atom. The van der Waals surface area contributed by atoms with Crippen LogP contribution in [0, 0.1) is 18.3 Å². The molecule has 1 aromatic heterocycles. The van der Waals surface area contributed by atoms with Crippen molar-refractivity contribution >= 4 is 17.4 Å². The summed E-state index contributed by atoms with van der Waals surface area (Å²) in [5.41, 5.74) is 1.35. The van der Waals surface area contributed by atoms with Gasteiger partial charge in [-0.05, 0) is 25.8 Å². The van der Waals surface area contributed by atoms with Crippen LogP contribution in [0.2, 0.25) is 5.02 Å². The summed E-state index contributed by atoms with van der Waals surface area (Å²) in [5, 5.41) is 19.2. The van der Waals surface area contributed by atoms with Crippen molar-refractivity contribution in [3.8, 4) is 6.07 Å². The molecule has 1 fully saturated rings. The average Bonchev–Trinajstić information content (AvgIpc) is 2.75. The van der Waals surface area contributed by atoms with E-state index in [0.29, 0.717) is 10.6 Å². The molecule has 1 atom stereocenters. The van der Waals surface area contributed by atoms with Crippen LogP contribution in [0.4, 0.5) is 5.82 Å². The van der Waals surface area contributed by atoms with Crippen molar-refractivity contribution in [2.45, 2.75) is 26.3 Å². The molecule has 0 aromatic carbocycles. The molecule has 2 rings (SSSR count). The van der Waals surface area contributed by atoms with Gasteiger partial charge in [0.05, 0.1) is 17.2 Å². The number of halogens is 1. The molecule has 1 aliphatic heterocycles. The lowest BCUT2D eigenvalue weighted by Crippen LogP contribution is -2.38. The first kappa shape index (κ1) is 16.0. The second-order valence-electron chi connectivity index (χ2n) is 5.45. The number of aliphatic hydroxyl groups excluding tert-OH is 1. The lowest BCUT2D eigenvalue weighted by Gasteiger charge is -2.27. The van der Waals surface area contributed by atoms with Crippen LogP contribution in [0.25, 0.3) is 0 Å². The molecule has 0 bridgehead atoms. The molecule has 1 N–H and O–H groups in total. The lowest BCUT2D eigenvalue weighted by atomic mass is 10.1. The van der Waals surface area contributed by atoms with E-state index in [-0.39, 0.29) is 12.6 Å². The smallest absolute Gasteiger partial charge is 0.146 e. The first-order valence-corrected chi connectivity index (χ1v) is 7.61. The Hall–Kier alpha value is -1.35. The third kappa shape index (κ3) is 3.46. The Morgan fingerprint density at radius 1 is 1.43 bits per heavy atom. The first-order valence-electron chi connectivity index (χ1n) is 7.23. The molecule has 0 radical (unpaired) electrons. The SMILES string of the molecule is Cc1c(Cl)cnc(N2CCCN(C(C)CO)CC2)c1C#N. The van der Waals surface area contributed by atoms with Gasteiger partial charge in [-0.3, -0.25) is 4.90 Å². The van der Waals surface area contributed by atoms with Crippen LogP contribution in [-0.2, 0) is 0 Å². The Bertz CT molecular complexity index is 543. The minimum Gasteiger partial charge on any atom is -0.395 e. The molecule has 1 saturated heterocycles. The number of hydrogen-bond acceptors (Lipinski definition) is 5. The van der Waals surface area contributed by atoms with Crippen molar-refractivity contribution in [1.82, 2.24) is 9.88 Å². The van der Waals surface area contributed by atoms with Gasteiger partial charge in [-0.15, -0.1) is 0 Å². The maximum Gasteiger partial charge on any atom is 0.146 e. The number of nitriles is 1. The molecule has 0 saturated carbocycles. The predicted molar refractivity (Wildman–Crippen MR) is 83.6 cm³/mol. The third-order valence-corrected chi connectivity index (χ3v) is 4.47. The summed E-state index contributed by atoms with van der Waals surface area (Å²) in [6.07, 6.45) is 2.60. The highest BCUT2D eigenvalue weighted by atomic mass is 35.5. The largest absolute Gasteiger partial charge is 0.395 e. The lowest BCUT2D eigenvalue weighted by molar-refractivity contribution is 0.141. The molecule has 1 aliphatic rings. The van der Waals surface area contributed by atoms with Crippen LogP contribution >= 0.6 is 11.6 Å². The molecule has 0 aliphatic carbocycles.